The molecule has 0 aliphatic heterocycles. The van der Waals surface area contributed by atoms with E-state index < -0.39 is 0 Å². The third-order valence-electron chi connectivity index (χ3n) is 5.63. The Morgan fingerprint density at radius 3 is 2.07 bits per heavy atom. The van der Waals surface area contributed by atoms with Gasteiger partial charge in [0.05, 0.1) is 14.2 Å². The number of hydrogen-bond acceptors (Lipinski definition) is 3. The molecule has 0 heterocycles. The zero-order chi connectivity index (χ0) is 19.3. The first-order valence-electron chi connectivity index (χ1n) is 9.28. The van der Waals surface area contributed by atoms with E-state index >= 15 is 0 Å². The number of hydrogen-bond donors (Lipinski definition) is 1. The molecule has 0 radical (unpaired) electrons. The SMILES string of the molecule is COc1cc2c(O)cc3c(c2cc1OC)-c1ccccc1C3c1ccccc1. The zero-order valence-electron chi connectivity index (χ0n) is 15.8. The number of rotatable bonds is 3. The van der Waals surface area contributed by atoms with E-state index in [4.69, 9.17) is 9.47 Å². The Morgan fingerprint density at radius 1 is 0.714 bits per heavy atom. The standard InChI is InChI=1S/C25H20O3/c1-27-22-13-18-19(14-23(22)28-2)25-17-11-7-6-10-16(17)24(20(25)12-21(18)26)15-8-4-3-5-9-15/h3-14,24,26H,1-2H3. The van der Waals surface area contributed by atoms with E-state index in [1.54, 1.807) is 14.2 Å². The summed E-state index contributed by atoms with van der Waals surface area (Å²) in [5, 5.41) is 12.6. The Labute approximate surface area is 163 Å². The third-order valence-corrected chi connectivity index (χ3v) is 5.63. The van der Waals surface area contributed by atoms with Crippen LogP contribution in [0.1, 0.15) is 22.6 Å². The second-order valence-corrected chi connectivity index (χ2v) is 7.04. The maximum atomic E-state index is 10.9. The summed E-state index contributed by atoms with van der Waals surface area (Å²) >= 11 is 0. The highest BCUT2D eigenvalue weighted by atomic mass is 16.5. The van der Waals surface area contributed by atoms with Gasteiger partial charge in [-0.25, -0.2) is 0 Å². The van der Waals surface area contributed by atoms with Gasteiger partial charge < -0.3 is 14.6 Å². The Hall–Kier alpha value is -3.46. The Kier molecular flexibility index (Phi) is 3.76. The molecule has 0 saturated heterocycles. The van der Waals surface area contributed by atoms with Gasteiger partial charge in [0.2, 0.25) is 0 Å². The molecule has 5 rings (SSSR count). The van der Waals surface area contributed by atoms with E-state index in [0.717, 1.165) is 21.9 Å². The highest BCUT2D eigenvalue weighted by molar-refractivity contribution is 6.06. The average molecular weight is 368 g/mol. The van der Waals surface area contributed by atoms with Gasteiger partial charge >= 0.3 is 0 Å². The fourth-order valence-electron chi connectivity index (χ4n) is 4.43. The van der Waals surface area contributed by atoms with E-state index in [9.17, 15) is 5.11 Å². The normalized spacial score (nSPS) is 14.6. The highest BCUT2D eigenvalue weighted by Gasteiger charge is 2.32. The molecule has 0 aromatic heterocycles. The van der Waals surface area contributed by atoms with Crippen molar-refractivity contribution in [1.82, 2.24) is 0 Å². The van der Waals surface area contributed by atoms with Crippen LogP contribution in [0.5, 0.6) is 17.2 Å². The van der Waals surface area contributed by atoms with Gasteiger partial charge in [0.15, 0.2) is 11.5 Å². The number of phenols is 1. The topological polar surface area (TPSA) is 38.7 Å². The third kappa shape index (κ3) is 2.29. The van der Waals surface area contributed by atoms with Crippen molar-refractivity contribution < 1.29 is 14.6 Å². The number of aromatic hydroxyl groups is 1. The summed E-state index contributed by atoms with van der Waals surface area (Å²) in [6, 6.07) is 24.6. The quantitative estimate of drug-likeness (QED) is 0.442. The van der Waals surface area contributed by atoms with E-state index in [1.165, 1.54) is 16.7 Å². The van der Waals surface area contributed by atoms with Gasteiger partial charge in [-0.2, -0.15) is 0 Å². The molecule has 0 spiro atoms. The summed E-state index contributed by atoms with van der Waals surface area (Å²) in [4.78, 5) is 0. The molecule has 1 atom stereocenters. The van der Waals surface area contributed by atoms with Gasteiger partial charge in [-0.15, -0.1) is 0 Å². The molecule has 1 N–H and O–H groups in total. The maximum Gasteiger partial charge on any atom is 0.161 e. The first-order chi connectivity index (χ1) is 13.7. The van der Waals surface area contributed by atoms with E-state index in [0.29, 0.717) is 11.5 Å². The minimum atomic E-state index is 0.0933. The molecule has 4 aromatic rings. The fourth-order valence-corrected chi connectivity index (χ4v) is 4.43. The first-order valence-corrected chi connectivity index (χ1v) is 9.28. The van der Waals surface area contributed by atoms with Gasteiger partial charge in [-0.1, -0.05) is 54.6 Å². The van der Waals surface area contributed by atoms with Gasteiger partial charge in [0.1, 0.15) is 5.75 Å². The summed E-state index contributed by atoms with van der Waals surface area (Å²) in [5.41, 5.74) is 5.93. The number of benzene rings is 4. The van der Waals surface area contributed by atoms with Crippen molar-refractivity contribution in [2.24, 2.45) is 0 Å². The summed E-state index contributed by atoms with van der Waals surface area (Å²) in [5.74, 6) is 1.61. The highest BCUT2D eigenvalue weighted by Crippen LogP contribution is 2.53. The maximum absolute atomic E-state index is 10.9. The lowest BCUT2D eigenvalue weighted by molar-refractivity contribution is 0.355. The predicted molar refractivity (Wildman–Crippen MR) is 112 cm³/mol. The molecule has 0 saturated carbocycles. The average Bonchev–Trinajstić information content (AvgIpc) is 3.07. The minimum Gasteiger partial charge on any atom is -0.507 e. The lowest BCUT2D eigenvalue weighted by Gasteiger charge is -2.16. The van der Waals surface area contributed by atoms with E-state index in [2.05, 4.69) is 48.5 Å². The smallest absolute Gasteiger partial charge is 0.161 e. The number of phenolic OH excluding ortho intramolecular Hbond substituents is 1. The van der Waals surface area contributed by atoms with Crippen LogP contribution in [0, 0.1) is 0 Å². The molecular formula is C25H20O3. The molecule has 138 valence electrons. The van der Waals surface area contributed by atoms with E-state index in [1.807, 2.05) is 24.3 Å². The summed E-state index contributed by atoms with van der Waals surface area (Å²) < 4.78 is 11.0. The van der Waals surface area contributed by atoms with Crippen LogP contribution in [0.3, 0.4) is 0 Å². The molecule has 1 aliphatic rings. The molecular weight excluding hydrogens is 348 g/mol. The van der Waals surface area contributed by atoms with Gasteiger partial charge in [0, 0.05) is 11.3 Å². The van der Waals surface area contributed by atoms with Crippen LogP contribution in [0.15, 0.2) is 72.8 Å². The molecule has 1 unspecified atom stereocenters. The molecule has 4 aromatic carbocycles. The monoisotopic (exact) mass is 368 g/mol. The van der Waals surface area contributed by atoms with Crippen molar-refractivity contribution in [2.75, 3.05) is 14.2 Å². The van der Waals surface area contributed by atoms with E-state index in [-0.39, 0.29) is 11.7 Å². The molecule has 3 heteroatoms. The Balaban J connectivity index is 1.89. The van der Waals surface area contributed by atoms with Crippen molar-refractivity contribution in [3.8, 4) is 28.4 Å². The summed E-state index contributed by atoms with van der Waals surface area (Å²) in [6.45, 7) is 0. The summed E-state index contributed by atoms with van der Waals surface area (Å²) in [7, 11) is 3.24. The van der Waals surface area contributed by atoms with Crippen molar-refractivity contribution >= 4 is 10.8 Å². The van der Waals surface area contributed by atoms with Crippen LogP contribution in [0.25, 0.3) is 21.9 Å². The summed E-state index contributed by atoms with van der Waals surface area (Å²) in [6.07, 6.45) is 0. The van der Waals surface area contributed by atoms with Gasteiger partial charge in [0.25, 0.3) is 0 Å². The molecule has 0 fully saturated rings. The number of ether oxygens (including phenoxy) is 2. The molecule has 28 heavy (non-hydrogen) atoms. The van der Waals surface area contributed by atoms with Gasteiger partial charge in [-0.05, 0) is 51.4 Å². The number of methoxy groups -OCH3 is 2. The van der Waals surface area contributed by atoms with Gasteiger partial charge in [-0.3, -0.25) is 0 Å². The second-order valence-electron chi connectivity index (χ2n) is 7.04. The van der Waals surface area contributed by atoms with Crippen molar-refractivity contribution in [2.45, 2.75) is 5.92 Å². The molecule has 1 aliphatic carbocycles. The zero-order valence-corrected chi connectivity index (χ0v) is 15.8. The minimum absolute atomic E-state index is 0.0933. The van der Waals surface area contributed by atoms with Crippen LogP contribution in [-0.2, 0) is 0 Å². The molecule has 0 amide bonds. The fraction of sp³-hybridized carbons (Fsp3) is 0.120. The molecule has 0 bridgehead atoms. The second kappa shape index (κ2) is 6.31. The predicted octanol–water partition coefficient (Wildman–Crippen LogP) is 5.72. The molecule has 3 nitrogen and oxygen atoms in total. The van der Waals surface area contributed by atoms with Crippen LogP contribution in [-0.4, -0.2) is 19.3 Å². The number of fused-ring (bicyclic) bond motifs is 5. The van der Waals surface area contributed by atoms with Crippen LogP contribution >= 0.6 is 0 Å². The lowest BCUT2D eigenvalue weighted by Crippen LogP contribution is -1.99. The van der Waals surface area contributed by atoms with Crippen molar-refractivity contribution in [3.05, 3.63) is 89.5 Å². The largest absolute Gasteiger partial charge is 0.507 e. The first kappa shape index (κ1) is 16.7. The Morgan fingerprint density at radius 2 is 1.36 bits per heavy atom. The lowest BCUT2D eigenvalue weighted by atomic mass is 9.88. The van der Waals surface area contributed by atoms with Crippen molar-refractivity contribution in [3.63, 3.8) is 0 Å². The van der Waals surface area contributed by atoms with Crippen molar-refractivity contribution in [1.29, 1.82) is 0 Å². The van der Waals surface area contributed by atoms with Crippen LogP contribution < -0.4 is 9.47 Å². The van der Waals surface area contributed by atoms with Crippen LogP contribution in [0.2, 0.25) is 0 Å². The van der Waals surface area contributed by atoms with Crippen LogP contribution in [0.4, 0.5) is 0 Å². The Bertz CT molecular complexity index is 1200.